The fraction of sp³-hybridized carbons (Fsp3) is 1.00. The van der Waals surface area contributed by atoms with E-state index in [1.54, 1.807) is 14.2 Å². The van der Waals surface area contributed by atoms with Crippen LogP contribution in [0, 0.1) is 0 Å². The van der Waals surface area contributed by atoms with Gasteiger partial charge in [-0.2, -0.15) is 12.6 Å². The Hall–Kier alpha value is 0.447. The third-order valence-corrected chi connectivity index (χ3v) is 6.05. The summed E-state index contributed by atoms with van der Waals surface area (Å²) in [5, 5.41) is 0. The summed E-state index contributed by atoms with van der Waals surface area (Å²) in [6.07, 6.45) is 5.68. The van der Waals surface area contributed by atoms with E-state index in [9.17, 15) is 0 Å². The minimum Gasteiger partial charge on any atom is -0.377 e. The van der Waals surface area contributed by atoms with Crippen molar-refractivity contribution in [3.05, 3.63) is 0 Å². The minimum atomic E-state index is -2.45. The van der Waals surface area contributed by atoms with Gasteiger partial charge >= 0.3 is 8.80 Å². The van der Waals surface area contributed by atoms with Gasteiger partial charge < -0.3 is 13.3 Å². The predicted molar refractivity (Wildman–Crippen MR) is 77.7 cm³/mol. The van der Waals surface area contributed by atoms with Crippen molar-refractivity contribution >= 4 is 21.4 Å². The molecular formula is C12H28O3SSi. The van der Waals surface area contributed by atoms with Gasteiger partial charge in [0, 0.05) is 26.4 Å². The molecule has 17 heavy (non-hydrogen) atoms. The highest BCUT2D eigenvalue weighted by Gasteiger charge is 2.40. The molecule has 0 unspecified atom stereocenters. The third-order valence-electron chi connectivity index (χ3n) is 2.83. The first-order valence-corrected chi connectivity index (χ1v) is 9.13. The van der Waals surface area contributed by atoms with Crippen molar-refractivity contribution in [2.45, 2.75) is 58.1 Å². The molecule has 0 bridgehead atoms. The average molecular weight is 281 g/mol. The van der Waals surface area contributed by atoms with E-state index in [1.807, 2.05) is 0 Å². The highest BCUT2D eigenvalue weighted by atomic mass is 32.1. The SMILES string of the molecule is CCCC(CCC)O[Si](CCCS)(OC)OC. The maximum absolute atomic E-state index is 6.18. The minimum absolute atomic E-state index is 0.275. The molecule has 0 heterocycles. The Bertz CT molecular complexity index is 171. The van der Waals surface area contributed by atoms with E-state index in [4.69, 9.17) is 13.3 Å². The lowest BCUT2D eigenvalue weighted by Crippen LogP contribution is -2.46. The summed E-state index contributed by atoms with van der Waals surface area (Å²) in [4.78, 5) is 0. The highest BCUT2D eigenvalue weighted by molar-refractivity contribution is 7.80. The van der Waals surface area contributed by atoms with E-state index in [-0.39, 0.29) is 6.10 Å². The number of hydrogen-bond donors (Lipinski definition) is 1. The summed E-state index contributed by atoms with van der Waals surface area (Å²) in [5.74, 6) is 0.844. The lowest BCUT2D eigenvalue weighted by Gasteiger charge is -2.31. The fourth-order valence-corrected chi connectivity index (χ4v) is 4.59. The molecule has 0 aromatic carbocycles. The molecule has 0 saturated heterocycles. The van der Waals surface area contributed by atoms with Crippen molar-refractivity contribution in [2.24, 2.45) is 0 Å². The molecule has 0 atom stereocenters. The van der Waals surface area contributed by atoms with Crippen LogP contribution in [-0.2, 0) is 13.3 Å². The van der Waals surface area contributed by atoms with Gasteiger partial charge in [-0.15, -0.1) is 0 Å². The summed E-state index contributed by atoms with van der Waals surface area (Å²) in [7, 11) is 0.944. The Labute approximate surface area is 113 Å². The molecular weight excluding hydrogens is 252 g/mol. The summed E-state index contributed by atoms with van der Waals surface area (Å²) < 4.78 is 17.3. The van der Waals surface area contributed by atoms with E-state index >= 15 is 0 Å². The molecule has 3 nitrogen and oxygen atoms in total. The Kier molecular flexibility index (Phi) is 10.6. The molecule has 0 aliphatic heterocycles. The predicted octanol–water partition coefficient (Wildman–Crippen LogP) is 3.52. The van der Waals surface area contributed by atoms with Crippen LogP contribution in [0.25, 0.3) is 0 Å². The molecule has 0 aliphatic carbocycles. The zero-order valence-electron chi connectivity index (χ0n) is 11.7. The van der Waals surface area contributed by atoms with E-state index in [1.165, 1.54) is 0 Å². The molecule has 0 aromatic heterocycles. The molecule has 0 aliphatic rings. The summed E-state index contributed by atoms with van der Waals surface area (Å²) in [6, 6.07) is 0.855. The van der Waals surface area contributed by atoms with Crippen molar-refractivity contribution in [2.75, 3.05) is 20.0 Å². The first kappa shape index (κ1) is 17.4. The van der Waals surface area contributed by atoms with Crippen LogP contribution in [0.2, 0.25) is 6.04 Å². The van der Waals surface area contributed by atoms with Gasteiger partial charge in [0.05, 0.1) is 0 Å². The smallest absolute Gasteiger partial charge is 0.377 e. The second-order valence-electron chi connectivity index (χ2n) is 4.24. The van der Waals surface area contributed by atoms with Crippen LogP contribution in [0.1, 0.15) is 46.0 Å². The first-order valence-electron chi connectivity index (χ1n) is 6.57. The van der Waals surface area contributed by atoms with E-state index in [2.05, 4.69) is 26.5 Å². The molecule has 0 aromatic rings. The number of rotatable bonds is 11. The van der Waals surface area contributed by atoms with E-state index in [0.717, 1.165) is 43.9 Å². The zero-order valence-corrected chi connectivity index (χ0v) is 13.6. The Balaban J connectivity index is 4.44. The molecule has 0 N–H and O–H groups in total. The highest BCUT2D eigenvalue weighted by Crippen LogP contribution is 2.22. The summed E-state index contributed by atoms with van der Waals surface area (Å²) in [6.45, 7) is 4.37. The third kappa shape index (κ3) is 6.81. The molecule has 0 fully saturated rings. The van der Waals surface area contributed by atoms with Crippen molar-refractivity contribution < 1.29 is 13.3 Å². The van der Waals surface area contributed by atoms with Gasteiger partial charge in [0.25, 0.3) is 0 Å². The number of hydrogen-bond acceptors (Lipinski definition) is 4. The van der Waals surface area contributed by atoms with Crippen molar-refractivity contribution in [3.8, 4) is 0 Å². The zero-order chi connectivity index (χ0) is 13.1. The van der Waals surface area contributed by atoms with Gasteiger partial charge in [-0.1, -0.05) is 26.7 Å². The van der Waals surface area contributed by atoms with Gasteiger partial charge in [0.2, 0.25) is 0 Å². The Morgan fingerprint density at radius 1 is 1.06 bits per heavy atom. The maximum atomic E-state index is 6.18. The molecule has 0 saturated carbocycles. The standard InChI is InChI=1S/C12H28O3SSi/c1-5-8-12(9-6-2)15-17(13-3,14-4)11-7-10-16/h12,16H,5-11H2,1-4H3. The lowest BCUT2D eigenvalue weighted by molar-refractivity contribution is 0.0465. The quantitative estimate of drug-likeness (QED) is 0.463. The molecule has 0 amide bonds. The van der Waals surface area contributed by atoms with Gasteiger partial charge in [0.15, 0.2) is 0 Å². The monoisotopic (exact) mass is 280 g/mol. The molecule has 104 valence electrons. The van der Waals surface area contributed by atoms with Gasteiger partial charge in [0.1, 0.15) is 0 Å². The van der Waals surface area contributed by atoms with Crippen molar-refractivity contribution in [1.29, 1.82) is 0 Å². The first-order chi connectivity index (χ1) is 8.17. The van der Waals surface area contributed by atoms with Crippen molar-refractivity contribution in [3.63, 3.8) is 0 Å². The van der Waals surface area contributed by atoms with Crippen LogP contribution >= 0.6 is 12.6 Å². The second-order valence-corrected chi connectivity index (χ2v) is 7.60. The summed E-state index contributed by atoms with van der Waals surface area (Å²) in [5.41, 5.74) is 0. The van der Waals surface area contributed by atoms with Crippen LogP contribution < -0.4 is 0 Å². The van der Waals surface area contributed by atoms with Crippen LogP contribution in [-0.4, -0.2) is 34.9 Å². The normalized spacial score (nSPS) is 12.4. The lowest BCUT2D eigenvalue weighted by atomic mass is 10.1. The number of thiol groups is 1. The maximum Gasteiger partial charge on any atom is 0.500 e. The summed E-state index contributed by atoms with van der Waals surface area (Å²) >= 11 is 4.24. The molecule has 5 heteroatoms. The fourth-order valence-electron chi connectivity index (χ4n) is 1.90. The van der Waals surface area contributed by atoms with Gasteiger partial charge in [-0.25, -0.2) is 0 Å². The van der Waals surface area contributed by atoms with E-state index < -0.39 is 8.80 Å². The topological polar surface area (TPSA) is 27.7 Å². The van der Waals surface area contributed by atoms with Gasteiger partial charge in [-0.05, 0) is 25.0 Å². The van der Waals surface area contributed by atoms with Crippen LogP contribution in [0.4, 0.5) is 0 Å². The van der Waals surface area contributed by atoms with Crippen molar-refractivity contribution in [1.82, 2.24) is 0 Å². The largest absolute Gasteiger partial charge is 0.500 e. The second kappa shape index (κ2) is 10.4. The molecule has 0 rings (SSSR count). The molecule has 0 radical (unpaired) electrons. The Morgan fingerprint density at radius 3 is 1.94 bits per heavy atom. The molecule has 0 spiro atoms. The van der Waals surface area contributed by atoms with Gasteiger partial charge in [-0.3, -0.25) is 0 Å². The van der Waals surface area contributed by atoms with E-state index in [0.29, 0.717) is 0 Å². The Morgan fingerprint density at radius 2 is 1.59 bits per heavy atom. The van der Waals surface area contributed by atoms with Crippen LogP contribution in [0.5, 0.6) is 0 Å². The average Bonchev–Trinajstić information content (AvgIpc) is 2.35. The van der Waals surface area contributed by atoms with Crippen LogP contribution in [0.3, 0.4) is 0 Å². The van der Waals surface area contributed by atoms with Crippen LogP contribution in [0.15, 0.2) is 0 Å².